The predicted octanol–water partition coefficient (Wildman–Crippen LogP) is 4.79. The van der Waals surface area contributed by atoms with E-state index in [-0.39, 0.29) is 11.9 Å². The molecule has 0 bridgehead atoms. The van der Waals surface area contributed by atoms with Crippen LogP contribution in [0.2, 0.25) is 10.0 Å². The molecule has 0 N–H and O–H groups in total. The molecule has 0 saturated carbocycles. The van der Waals surface area contributed by atoms with E-state index in [0.29, 0.717) is 65.9 Å². The molecule has 2 aromatic rings. The maximum Gasteiger partial charge on any atom is 0.255 e. The van der Waals surface area contributed by atoms with Gasteiger partial charge in [0.25, 0.3) is 5.91 Å². The number of carbonyl (C=O) groups is 1. The van der Waals surface area contributed by atoms with Gasteiger partial charge in [-0.2, -0.15) is 0 Å². The Balaban J connectivity index is 1.46. The van der Waals surface area contributed by atoms with Crippen LogP contribution < -0.4 is 4.74 Å². The minimum absolute atomic E-state index is 0.108. The Morgan fingerprint density at radius 1 is 1.17 bits per heavy atom. The summed E-state index contributed by atoms with van der Waals surface area (Å²) in [5.74, 6) is 0.377. The highest BCUT2D eigenvalue weighted by Crippen LogP contribution is 2.39. The summed E-state index contributed by atoms with van der Waals surface area (Å²) in [5.41, 5.74) is -0.276. The van der Waals surface area contributed by atoms with Gasteiger partial charge in [-0.1, -0.05) is 41.4 Å². The molecule has 0 aromatic heterocycles. The van der Waals surface area contributed by atoms with Crippen molar-refractivity contribution < 1.29 is 13.9 Å². The molecule has 1 amide bonds. The number of amides is 1. The summed E-state index contributed by atoms with van der Waals surface area (Å²) < 4.78 is 20.9. The average molecular weight is 437 g/mol. The topological polar surface area (TPSA) is 32.8 Å². The lowest BCUT2D eigenvalue weighted by Crippen LogP contribution is -2.60. The number of rotatable bonds is 3. The minimum Gasteiger partial charge on any atom is -0.495 e. The number of hydrogen-bond donors (Lipinski definition) is 0. The van der Waals surface area contributed by atoms with Crippen molar-refractivity contribution in [3.05, 3.63) is 63.6 Å². The molecule has 4 rings (SSSR count). The normalized spacial score (nSPS) is 24.8. The standard InChI is InChI=1S/C22H23Cl2FN2O2/c1-29-19-4-2-3-18(20(19)24)21(28)26-11-12-27-14-22(25,10-9-17(27)13-26)15-5-7-16(23)8-6-15/h2-8,17H,9-14H2,1H3/t17-,22+/m1/s1. The quantitative estimate of drug-likeness (QED) is 0.693. The number of carbonyl (C=O) groups excluding carboxylic acids is 1. The lowest BCUT2D eigenvalue weighted by atomic mass is 9.83. The van der Waals surface area contributed by atoms with Crippen molar-refractivity contribution in [2.45, 2.75) is 24.6 Å². The third-order valence-electron chi connectivity index (χ3n) is 5.99. The van der Waals surface area contributed by atoms with Gasteiger partial charge in [0.2, 0.25) is 0 Å². The van der Waals surface area contributed by atoms with Crippen molar-refractivity contribution in [3.8, 4) is 5.75 Å². The molecule has 29 heavy (non-hydrogen) atoms. The zero-order valence-electron chi connectivity index (χ0n) is 16.2. The third kappa shape index (κ3) is 3.96. The zero-order valence-corrected chi connectivity index (χ0v) is 17.7. The first-order valence-corrected chi connectivity index (χ1v) is 10.5. The first-order chi connectivity index (χ1) is 13.9. The number of benzene rings is 2. The molecule has 2 heterocycles. The van der Waals surface area contributed by atoms with Crippen molar-refractivity contribution >= 4 is 29.1 Å². The van der Waals surface area contributed by atoms with Crippen molar-refractivity contribution in [2.24, 2.45) is 0 Å². The highest BCUT2D eigenvalue weighted by molar-refractivity contribution is 6.35. The van der Waals surface area contributed by atoms with Crippen molar-refractivity contribution in [1.82, 2.24) is 9.80 Å². The number of alkyl halides is 1. The van der Waals surface area contributed by atoms with E-state index in [9.17, 15) is 4.79 Å². The predicted molar refractivity (Wildman–Crippen MR) is 113 cm³/mol. The van der Waals surface area contributed by atoms with E-state index in [0.717, 1.165) is 0 Å². The molecule has 0 aliphatic carbocycles. The Morgan fingerprint density at radius 2 is 1.93 bits per heavy atom. The molecule has 7 heteroatoms. The lowest BCUT2D eigenvalue weighted by molar-refractivity contribution is -0.0258. The van der Waals surface area contributed by atoms with Crippen LogP contribution in [0.25, 0.3) is 0 Å². The number of ether oxygens (including phenoxy) is 1. The van der Waals surface area contributed by atoms with Crippen LogP contribution in [-0.4, -0.2) is 55.0 Å². The van der Waals surface area contributed by atoms with Crippen LogP contribution in [0.5, 0.6) is 5.75 Å². The third-order valence-corrected chi connectivity index (χ3v) is 6.64. The summed E-state index contributed by atoms with van der Waals surface area (Å²) in [5, 5.41) is 0.936. The number of fused-ring (bicyclic) bond motifs is 1. The van der Waals surface area contributed by atoms with E-state index in [2.05, 4.69) is 4.90 Å². The van der Waals surface area contributed by atoms with Gasteiger partial charge >= 0.3 is 0 Å². The lowest BCUT2D eigenvalue weighted by Gasteiger charge is -2.48. The maximum absolute atomic E-state index is 15.7. The van der Waals surface area contributed by atoms with Crippen molar-refractivity contribution in [2.75, 3.05) is 33.3 Å². The van der Waals surface area contributed by atoms with Gasteiger partial charge in [-0.05, 0) is 42.7 Å². The summed E-state index contributed by atoms with van der Waals surface area (Å²) >= 11 is 12.3. The smallest absolute Gasteiger partial charge is 0.255 e. The first kappa shape index (κ1) is 20.5. The van der Waals surface area contributed by atoms with E-state index >= 15 is 4.39 Å². The van der Waals surface area contributed by atoms with E-state index < -0.39 is 5.67 Å². The van der Waals surface area contributed by atoms with Crippen LogP contribution >= 0.6 is 23.2 Å². The number of hydrogen-bond acceptors (Lipinski definition) is 3. The second-order valence-electron chi connectivity index (χ2n) is 7.71. The molecule has 0 radical (unpaired) electrons. The van der Waals surface area contributed by atoms with E-state index in [1.165, 1.54) is 7.11 Å². The fourth-order valence-corrected chi connectivity index (χ4v) is 4.75. The molecule has 154 valence electrons. The molecule has 2 saturated heterocycles. The highest BCUT2D eigenvalue weighted by atomic mass is 35.5. The van der Waals surface area contributed by atoms with Crippen molar-refractivity contribution in [3.63, 3.8) is 0 Å². The monoisotopic (exact) mass is 436 g/mol. The molecular weight excluding hydrogens is 414 g/mol. The molecule has 4 nitrogen and oxygen atoms in total. The molecule has 0 unspecified atom stereocenters. The Kier molecular flexibility index (Phi) is 5.74. The second kappa shape index (κ2) is 8.13. The SMILES string of the molecule is COc1cccc(C(=O)N2CCN3C[C@](F)(c4ccc(Cl)cc4)CC[C@@H]3C2)c1Cl. The molecule has 2 fully saturated rings. The van der Waals surface area contributed by atoms with Gasteiger partial charge in [0, 0.05) is 37.2 Å². The molecule has 2 aromatic carbocycles. The van der Waals surface area contributed by atoms with Crippen LogP contribution in [0, 0.1) is 0 Å². The fourth-order valence-electron chi connectivity index (χ4n) is 4.34. The molecule has 0 spiro atoms. The molecule has 2 atom stereocenters. The van der Waals surface area contributed by atoms with Gasteiger partial charge in [0.05, 0.1) is 17.7 Å². The Hall–Kier alpha value is -1.82. The van der Waals surface area contributed by atoms with Crippen molar-refractivity contribution in [1.29, 1.82) is 0 Å². The fraction of sp³-hybridized carbons (Fsp3) is 0.409. The number of methoxy groups -OCH3 is 1. The molecule has 2 aliphatic rings. The van der Waals surface area contributed by atoms with Gasteiger partial charge in [-0.15, -0.1) is 0 Å². The highest BCUT2D eigenvalue weighted by Gasteiger charge is 2.43. The molecular formula is C22H23Cl2FN2O2. The zero-order chi connectivity index (χ0) is 20.6. The summed E-state index contributed by atoms with van der Waals surface area (Å²) in [6, 6.07) is 12.4. The van der Waals surface area contributed by atoms with E-state index in [4.69, 9.17) is 27.9 Å². The van der Waals surface area contributed by atoms with Crippen LogP contribution in [0.1, 0.15) is 28.8 Å². The second-order valence-corrected chi connectivity index (χ2v) is 8.52. The van der Waals surface area contributed by atoms with Gasteiger partial charge < -0.3 is 9.64 Å². The van der Waals surface area contributed by atoms with Crippen LogP contribution in [0.4, 0.5) is 4.39 Å². The van der Waals surface area contributed by atoms with Crippen LogP contribution in [0.3, 0.4) is 0 Å². The average Bonchev–Trinajstić information content (AvgIpc) is 2.73. The first-order valence-electron chi connectivity index (χ1n) is 9.72. The summed E-state index contributed by atoms with van der Waals surface area (Å²) in [7, 11) is 1.53. The van der Waals surface area contributed by atoms with E-state index in [1.54, 1.807) is 42.5 Å². The van der Waals surface area contributed by atoms with E-state index in [1.807, 2.05) is 4.90 Å². The largest absolute Gasteiger partial charge is 0.495 e. The Morgan fingerprint density at radius 3 is 2.66 bits per heavy atom. The van der Waals surface area contributed by atoms with Gasteiger partial charge in [0.1, 0.15) is 11.4 Å². The summed E-state index contributed by atoms with van der Waals surface area (Å²) in [4.78, 5) is 17.0. The Labute approximate surface area is 180 Å². The minimum atomic E-state index is -1.39. The number of halogens is 3. The van der Waals surface area contributed by atoms with Gasteiger partial charge in [-0.25, -0.2) is 4.39 Å². The van der Waals surface area contributed by atoms with Crippen LogP contribution in [0.15, 0.2) is 42.5 Å². The van der Waals surface area contributed by atoms with Gasteiger partial charge in [0.15, 0.2) is 0 Å². The Bertz CT molecular complexity index is 908. The van der Waals surface area contributed by atoms with Crippen LogP contribution in [-0.2, 0) is 5.67 Å². The number of piperidine rings is 1. The number of nitrogens with zero attached hydrogens (tertiary/aromatic N) is 2. The molecule has 2 aliphatic heterocycles. The van der Waals surface area contributed by atoms with Gasteiger partial charge in [-0.3, -0.25) is 9.69 Å². The number of piperazine rings is 1. The summed E-state index contributed by atoms with van der Waals surface area (Å²) in [6.07, 6.45) is 1.12. The summed E-state index contributed by atoms with van der Waals surface area (Å²) in [6.45, 7) is 2.08. The maximum atomic E-state index is 15.7.